The second-order valence-corrected chi connectivity index (χ2v) is 3.47. The lowest BCUT2D eigenvalue weighted by atomic mass is 10.1. The van der Waals surface area contributed by atoms with Crippen molar-refractivity contribution < 1.29 is 4.73 Å². The fourth-order valence-corrected chi connectivity index (χ4v) is 1.64. The molecule has 0 bridgehead atoms. The number of hydrogen-bond acceptors (Lipinski definition) is 2. The first-order chi connectivity index (χ1) is 5.57. The minimum atomic E-state index is 0.476. The van der Waals surface area contributed by atoms with E-state index in [4.69, 9.17) is 12.2 Å². The number of aromatic nitrogens is 1. The van der Waals surface area contributed by atoms with Crippen LogP contribution in [0.1, 0.15) is 16.7 Å². The number of pyridine rings is 1. The van der Waals surface area contributed by atoms with Gasteiger partial charge in [-0.05, 0) is 13.8 Å². The summed E-state index contributed by atoms with van der Waals surface area (Å²) in [5.74, 6) is 0. The normalized spacial score (nSPS) is 9.92. The molecular weight excluding hydrogens is 238 g/mol. The number of rotatable bonds is 1. The molecule has 0 N–H and O–H groups in total. The van der Waals surface area contributed by atoms with Gasteiger partial charge in [0.2, 0.25) is 0 Å². The van der Waals surface area contributed by atoms with Crippen molar-refractivity contribution in [2.45, 2.75) is 13.8 Å². The van der Waals surface area contributed by atoms with Gasteiger partial charge < -0.3 is 5.21 Å². The van der Waals surface area contributed by atoms with Crippen LogP contribution in [0.5, 0.6) is 0 Å². The standard InChI is InChI=1S/C8H7BrNOS/c1-5-3-10(11)8(9)6(2)7(5)4-12/h4H,1-2H3. The highest BCUT2D eigenvalue weighted by Gasteiger charge is 2.13. The molecule has 0 spiro atoms. The van der Waals surface area contributed by atoms with Gasteiger partial charge in [-0.2, -0.15) is 4.73 Å². The van der Waals surface area contributed by atoms with Crippen molar-refractivity contribution in [3.8, 4) is 0 Å². The summed E-state index contributed by atoms with van der Waals surface area (Å²) in [6.07, 6.45) is 2.62. The van der Waals surface area contributed by atoms with Crippen LogP contribution in [0.25, 0.3) is 0 Å². The van der Waals surface area contributed by atoms with E-state index in [2.05, 4.69) is 22.1 Å². The molecule has 12 heavy (non-hydrogen) atoms. The average Bonchev–Trinajstić information content (AvgIpc) is 2.01. The SMILES string of the molecule is Cc1[c][n+]([O-])c(Br)c(C)c1C=S. The summed E-state index contributed by atoms with van der Waals surface area (Å²) >= 11 is 7.98. The predicted molar refractivity (Wildman–Crippen MR) is 54.2 cm³/mol. The van der Waals surface area contributed by atoms with Gasteiger partial charge in [0, 0.05) is 38.0 Å². The van der Waals surface area contributed by atoms with E-state index < -0.39 is 0 Å². The molecule has 1 heterocycles. The Morgan fingerprint density at radius 3 is 2.67 bits per heavy atom. The summed E-state index contributed by atoms with van der Waals surface area (Å²) < 4.78 is 1.15. The van der Waals surface area contributed by atoms with Crippen LogP contribution >= 0.6 is 28.1 Å². The summed E-state index contributed by atoms with van der Waals surface area (Å²) in [4.78, 5) is 0. The fraction of sp³-hybridized carbons (Fsp3) is 0.250. The summed E-state index contributed by atoms with van der Waals surface area (Å²) in [5, 5.41) is 12.7. The molecule has 0 aliphatic rings. The highest BCUT2D eigenvalue weighted by molar-refractivity contribution is 9.10. The van der Waals surface area contributed by atoms with Gasteiger partial charge in [-0.25, -0.2) is 0 Å². The zero-order valence-corrected chi connectivity index (χ0v) is 9.12. The van der Waals surface area contributed by atoms with Crippen LogP contribution in [-0.4, -0.2) is 5.37 Å². The van der Waals surface area contributed by atoms with Crippen molar-refractivity contribution in [2.75, 3.05) is 0 Å². The van der Waals surface area contributed by atoms with Crippen molar-refractivity contribution in [3.63, 3.8) is 0 Å². The second kappa shape index (κ2) is 3.49. The molecule has 0 aliphatic heterocycles. The molecule has 0 amide bonds. The minimum Gasteiger partial charge on any atom is -0.617 e. The summed E-state index contributed by atoms with van der Waals surface area (Å²) in [5.41, 5.74) is 2.53. The lowest BCUT2D eigenvalue weighted by Crippen LogP contribution is -2.30. The zero-order chi connectivity index (χ0) is 9.30. The topological polar surface area (TPSA) is 26.9 Å². The Kier molecular flexibility index (Phi) is 2.80. The molecule has 0 fully saturated rings. The molecule has 0 unspecified atom stereocenters. The highest BCUT2D eigenvalue weighted by Crippen LogP contribution is 2.16. The van der Waals surface area contributed by atoms with Crippen LogP contribution < -0.4 is 4.73 Å². The second-order valence-electron chi connectivity index (χ2n) is 2.48. The number of thiocarbonyl (C=S) groups is 1. The largest absolute Gasteiger partial charge is 0.617 e. The number of aryl methyl sites for hydroxylation is 1. The summed E-state index contributed by atoms with van der Waals surface area (Å²) in [6, 6.07) is 0. The van der Waals surface area contributed by atoms with E-state index in [1.165, 1.54) is 0 Å². The molecule has 1 radical (unpaired) electrons. The van der Waals surface area contributed by atoms with E-state index in [1.54, 1.807) is 5.37 Å². The molecular formula is C8H7BrNOS. The van der Waals surface area contributed by atoms with Gasteiger partial charge in [0.1, 0.15) is 0 Å². The summed E-state index contributed by atoms with van der Waals surface area (Å²) in [7, 11) is 0. The first-order valence-corrected chi connectivity index (χ1v) is 4.61. The van der Waals surface area contributed by atoms with Gasteiger partial charge in [-0.1, -0.05) is 12.2 Å². The van der Waals surface area contributed by atoms with Gasteiger partial charge in [0.05, 0.1) is 0 Å². The van der Waals surface area contributed by atoms with Crippen molar-refractivity contribution in [3.05, 3.63) is 32.7 Å². The molecule has 0 saturated carbocycles. The van der Waals surface area contributed by atoms with Crippen LogP contribution in [0.2, 0.25) is 0 Å². The Labute approximate surface area is 84.9 Å². The molecule has 1 rings (SSSR count). The van der Waals surface area contributed by atoms with Gasteiger partial charge in [-0.15, -0.1) is 0 Å². The average molecular weight is 245 g/mol. The smallest absolute Gasteiger partial charge is 0.294 e. The van der Waals surface area contributed by atoms with E-state index in [-0.39, 0.29) is 0 Å². The fourth-order valence-electron chi connectivity index (χ4n) is 0.983. The molecule has 1 aromatic rings. The molecule has 0 aromatic carbocycles. The van der Waals surface area contributed by atoms with Crippen molar-refractivity contribution >= 4 is 33.5 Å². The van der Waals surface area contributed by atoms with Crippen LogP contribution in [-0.2, 0) is 0 Å². The van der Waals surface area contributed by atoms with E-state index in [0.717, 1.165) is 16.7 Å². The van der Waals surface area contributed by atoms with Crippen molar-refractivity contribution in [2.24, 2.45) is 0 Å². The maximum Gasteiger partial charge on any atom is 0.294 e. The maximum atomic E-state index is 11.1. The predicted octanol–water partition coefficient (Wildman–Crippen LogP) is 1.85. The Bertz CT molecular complexity index is 338. The minimum absolute atomic E-state index is 0.476. The Hall–Kier alpha value is -0.480. The van der Waals surface area contributed by atoms with Crippen LogP contribution in [0.3, 0.4) is 0 Å². The van der Waals surface area contributed by atoms with Gasteiger partial charge >= 0.3 is 0 Å². The Morgan fingerprint density at radius 1 is 1.58 bits per heavy atom. The Balaban J connectivity index is 3.51. The number of nitrogens with zero attached hydrogens (tertiary/aromatic N) is 1. The number of hydrogen-bond donors (Lipinski definition) is 0. The Morgan fingerprint density at radius 2 is 2.17 bits per heavy atom. The molecule has 2 nitrogen and oxygen atoms in total. The summed E-state index contributed by atoms with van der Waals surface area (Å²) in [6.45, 7) is 3.66. The lowest BCUT2D eigenvalue weighted by Gasteiger charge is -2.05. The third-order valence-corrected chi connectivity index (χ3v) is 2.84. The van der Waals surface area contributed by atoms with E-state index >= 15 is 0 Å². The van der Waals surface area contributed by atoms with Crippen LogP contribution in [0.4, 0.5) is 0 Å². The van der Waals surface area contributed by atoms with Crippen LogP contribution in [0.15, 0.2) is 4.60 Å². The zero-order valence-electron chi connectivity index (χ0n) is 6.72. The van der Waals surface area contributed by atoms with Crippen LogP contribution in [0, 0.1) is 25.3 Å². The number of halogens is 1. The van der Waals surface area contributed by atoms with E-state index in [0.29, 0.717) is 9.33 Å². The highest BCUT2D eigenvalue weighted by atomic mass is 79.9. The van der Waals surface area contributed by atoms with Gasteiger partial charge in [0.25, 0.3) is 10.8 Å². The molecule has 0 saturated heterocycles. The molecule has 63 valence electrons. The molecule has 1 aromatic heterocycles. The van der Waals surface area contributed by atoms with Gasteiger partial charge in [-0.3, -0.25) is 0 Å². The van der Waals surface area contributed by atoms with Crippen molar-refractivity contribution in [1.29, 1.82) is 0 Å². The van der Waals surface area contributed by atoms with E-state index in [1.807, 2.05) is 13.8 Å². The third kappa shape index (κ3) is 1.49. The first kappa shape index (κ1) is 9.61. The van der Waals surface area contributed by atoms with Crippen molar-refractivity contribution in [1.82, 2.24) is 0 Å². The maximum absolute atomic E-state index is 11.1. The molecule has 0 atom stereocenters. The third-order valence-electron chi connectivity index (χ3n) is 1.68. The lowest BCUT2D eigenvalue weighted by molar-refractivity contribution is -0.622. The quantitative estimate of drug-likeness (QED) is 0.327. The molecule has 4 heteroatoms. The van der Waals surface area contributed by atoms with E-state index in [9.17, 15) is 5.21 Å². The van der Waals surface area contributed by atoms with Gasteiger partial charge in [0.15, 0.2) is 0 Å². The first-order valence-electron chi connectivity index (χ1n) is 3.34. The monoisotopic (exact) mass is 244 g/mol. The molecule has 0 aliphatic carbocycles.